The zero-order chi connectivity index (χ0) is 17.0. The average molecular weight is 357 g/mol. The SMILES string of the molecule is NC(=O)CN(Cc1ccc(F)cc1)S(=O)(=O)c1cccc(Cl)c1. The average Bonchev–Trinajstić information content (AvgIpc) is 2.48. The Balaban J connectivity index is 2.37. The molecule has 1 amide bonds. The molecule has 0 heterocycles. The molecule has 5 nitrogen and oxygen atoms in total. The Bertz CT molecular complexity index is 810. The molecule has 23 heavy (non-hydrogen) atoms. The molecule has 2 aromatic carbocycles. The topological polar surface area (TPSA) is 80.5 Å². The number of rotatable bonds is 6. The summed E-state index contributed by atoms with van der Waals surface area (Å²) in [7, 11) is -3.97. The lowest BCUT2D eigenvalue weighted by Crippen LogP contribution is -2.38. The van der Waals surface area contributed by atoms with Crippen molar-refractivity contribution in [2.45, 2.75) is 11.4 Å². The van der Waals surface area contributed by atoms with E-state index in [9.17, 15) is 17.6 Å². The Morgan fingerprint density at radius 3 is 2.39 bits per heavy atom. The number of halogens is 2. The van der Waals surface area contributed by atoms with Crippen LogP contribution in [0.5, 0.6) is 0 Å². The standard InChI is InChI=1S/C15H14ClFN2O3S/c16-12-2-1-3-14(8-12)23(21,22)19(10-15(18)20)9-11-4-6-13(17)7-5-11/h1-8H,9-10H2,(H2,18,20). The molecule has 0 unspecified atom stereocenters. The summed E-state index contributed by atoms with van der Waals surface area (Å²) in [6.45, 7) is -0.607. The third-order valence-electron chi connectivity index (χ3n) is 3.04. The maximum Gasteiger partial charge on any atom is 0.243 e. The van der Waals surface area contributed by atoms with Gasteiger partial charge in [-0.1, -0.05) is 29.8 Å². The van der Waals surface area contributed by atoms with Gasteiger partial charge in [-0.2, -0.15) is 4.31 Å². The van der Waals surface area contributed by atoms with Crippen molar-refractivity contribution >= 4 is 27.5 Å². The molecule has 2 rings (SSSR count). The summed E-state index contributed by atoms with van der Waals surface area (Å²) in [6, 6.07) is 11.0. The van der Waals surface area contributed by atoms with Crippen molar-refractivity contribution < 1.29 is 17.6 Å². The number of amides is 1. The molecule has 0 aliphatic rings. The van der Waals surface area contributed by atoms with Crippen molar-refractivity contribution in [3.63, 3.8) is 0 Å². The van der Waals surface area contributed by atoms with Gasteiger partial charge in [-0.25, -0.2) is 12.8 Å². The molecule has 2 N–H and O–H groups in total. The number of nitrogens with zero attached hydrogens (tertiary/aromatic N) is 1. The zero-order valence-corrected chi connectivity index (χ0v) is 13.5. The lowest BCUT2D eigenvalue weighted by atomic mass is 10.2. The summed E-state index contributed by atoms with van der Waals surface area (Å²) in [4.78, 5) is 11.2. The van der Waals surface area contributed by atoms with Crippen molar-refractivity contribution in [3.8, 4) is 0 Å². The summed E-state index contributed by atoms with van der Waals surface area (Å²) in [6.07, 6.45) is 0. The minimum atomic E-state index is -3.97. The van der Waals surface area contributed by atoms with Gasteiger partial charge in [-0.15, -0.1) is 0 Å². The van der Waals surface area contributed by atoms with E-state index < -0.39 is 28.3 Å². The fourth-order valence-electron chi connectivity index (χ4n) is 1.97. The van der Waals surface area contributed by atoms with E-state index in [1.54, 1.807) is 6.07 Å². The second kappa shape index (κ2) is 7.08. The first-order valence-electron chi connectivity index (χ1n) is 6.57. The van der Waals surface area contributed by atoms with Gasteiger partial charge in [0.2, 0.25) is 15.9 Å². The van der Waals surface area contributed by atoms with Crippen LogP contribution in [0.1, 0.15) is 5.56 Å². The summed E-state index contributed by atoms with van der Waals surface area (Å²) < 4.78 is 39.2. The smallest absolute Gasteiger partial charge is 0.243 e. The Hall–Kier alpha value is -1.96. The van der Waals surface area contributed by atoms with Crippen LogP contribution in [0.4, 0.5) is 4.39 Å². The number of benzene rings is 2. The molecule has 0 bridgehead atoms. The number of sulfonamides is 1. The van der Waals surface area contributed by atoms with E-state index in [4.69, 9.17) is 17.3 Å². The van der Waals surface area contributed by atoms with Crippen LogP contribution in [0.15, 0.2) is 53.4 Å². The van der Waals surface area contributed by atoms with Crippen LogP contribution in [0.2, 0.25) is 5.02 Å². The van der Waals surface area contributed by atoms with Gasteiger partial charge in [-0.05, 0) is 35.9 Å². The quantitative estimate of drug-likeness (QED) is 0.861. The normalized spacial score (nSPS) is 11.6. The second-order valence-corrected chi connectivity index (χ2v) is 7.20. The molecule has 0 atom stereocenters. The van der Waals surface area contributed by atoms with E-state index in [0.29, 0.717) is 5.56 Å². The van der Waals surface area contributed by atoms with Crippen molar-refractivity contribution in [3.05, 3.63) is 64.9 Å². The summed E-state index contributed by atoms with van der Waals surface area (Å²) in [5.41, 5.74) is 5.67. The maximum absolute atomic E-state index is 13.0. The molecule has 0 radical (unpaired) electrons. The monoisotopic (exact) mass is 356 g/mol. The highest BCUT2D eigenvalue weighted by atomic mass is 35.5. The summed E-state index contributed by atoms with van der Waals surface area (Å²) in [5, 5.41) is 0.256. The van der Waals surface area contributed by atoms with Crippen molar-refractivity contribution in [2.24, 2.45) is 5.73 Å². The van der Waals surface area contributed by atoms with Crippen molar-refractivity contribution in [1.82, 2.24) is 4.31 Å². The molecule has 8 heteroatoms. The summed E-state index contributed by atoms with van der Waals surface area (Å²) >= 11 is 5.82. The van der Waals surface area contributed by atoms with Gasteiger partial charge < -0.3 is 5.73 Å². The molecule has 0 aromatic heterocycles. The van der Waals surface area contributed by atoms with Gasteiger partial charge in [0.05, 0.1) is 11.4 Å². The van der Waals surface area contributed by atoms with Crippen LogP contribution in [0.3, 0.4) is 0 Å². The fourth-order valence-corrected chi connectivity index (χ4v) is 3.67. The molecule has 2 aromatic rings. The van der Waals surface area contributed by atoms with Gasteiger partial charge in [0, 0.05) is 11.6 Å². The van der Waals surface area contributed by atoms with E-state index in [-0.39, 0.29) is 16.5 Å². The van der Waals surface area contributed by atoms with Crippen LogP contribution in [-0.2, 0) is 21.4 Å². The predicted octanol–water partition coefficient (Wildman–Crippen LogP) is 2.16. The van der Waals surface area contributed by atoms with E-state index in [0.717, 1.165) is 4.31 Å². The van der Waals surface area contributed by atoms with E-state index in [2.05, 4.69) is 0 Å². The van der Waals surface area contributed by atoms with Gasteiger partial charge in [0.15, 0.2) is 0 Å². The highest BCUT2D eigenvalue weighted by molar-refractivity contribution is 7.89. The number of hydrogen-bond acceptors (Lipinski definition) is 3. The molecule has 0 aliphatic carbocycles. The highest BCUT2D eigenvalue weighted by Crippen LogP contribution is 2.21. The Morgan fingerprint density at radius 2 is 1.83 bits per heavy atom. The molecular formula is C15H14ClFN2O3S. The van der Waals surface area contributed by atoms with E-state index >= 15 is 0 Å². The molecular weight excluding hydrogens is 343 g/mol. The first-order valence-corrected chi connectivity index (χ1v) is 8.39. The number of hydrogen-bond donors (Lipinski definition) is 1. The lowest BCUT2D eigenvalue weighted by Gasteiger charge is -2.21. The Kier molecular flexibility index (Phi) is 5.35. The van der Waals surface area contributed by atoms with Crippen LogP contribution in [0.25, 0.3) is 0 Å². The van der Waals surface area contributed by atoms with Gasteiger partial charge in [0.1, 0.15) is 5.82 Å². The molecule has 0 saturated heterocycles. The van der Waals surface area contributed by atoms with Gasteiger partial charge in [0.25, 0.3) is 0 Å². The number of carbonyl (C=O) groups excluding carboxylic acids is 1. The Labute approximate surface area is 138 Å². The molecule has 122 valence electrons. The van der Waals surface area contributed by atoms with E-state index in [1.165, 1.54) is 42.5 Å². The first kappa shape index (κ1) is 17.4. The van der Waals surface area contributed by atoms with Crippen LogP contribution in [-0.4, -0.2) is 25.2 Å². The first-order chi connectivity index (χ1) is 10.8. The third-order valence-corrected chi connectivity index (χ3v) is 5.06. The van der Waals surface area contributed by atoms with E-state index in [1.807, 2.05) is 0 Å². The van der Waals surface area contributed by atoms with Crippen LogP contribution >= 0.6 is 11.6 Å². The minimum Gasteiger partial charge on any atom is -0.369 e. The Morgan fingerprint density at radius 1 is 1.17 bits per heavy atom. The lowest BCUT2D eigenvalue weighted by molar-refractivity contribution is -0.118. The van der Waals surface area contributed by atoms with Gasteiger partial charge in [-0.3, -0.25) is 4.79 Å². The fraction of sp³-hybridized carbons (Fsp3) is 0.133. The number of carbonyl (C=O) groups is 1. The second-order valence-electron chi connectivity index (χ2n) is 4.82. The molecule has 0 saturated carbocycles. The maximum atomic E-state index is 13.0. The zero-order valence-electron chi connectivity index (χ0n) is 11.9. The number of nitrogens with two attached hydrogens (primary N) is 1. The number of primary amides is 1. The van der Waals surface area contributed by atoms with Crippen LogP contribution < -0.4 is 5.73 Å². The van der Waals surface area contributed by atoms with Crippen LogP contribution in [0, 0.1) is 5.82 Å². The molecule has 0 spiro atoms. The van der Waals surface area contributed by atoms with Crippen molar-refractivity contribution in [2.75, 3.05) is 6.54 Å². The highest BCUT2D eigenvalue weighted by Gasteiger charge is 2.26. The third kappa shape index (κ3) is 4.51. The predicted molar refractivity (Wildman–Crippen MR) is 84.6 cm³/mol. The van der Waals surface area contributed by atoms with Crippen molar-refractivity contribution in [1.29, 1.82) is 0 Å². The molecule has 0 fully saturated rings. The summed E-state index contributed by atoms with van der Waals surface area (Å²) in [5.74, 6) is -1.23. The van der Waals surface area contributed by atoms with Gasteiger partial charge >= 0.3 is 0 Å². The minimum absolute atomic E-state index is 0.0478. The molecule has 0 aliphatic heterocycles. The largest absolute Gasteiger partial charge is 0.369 e.